The zero-order valence-electron chi connectivity index (χ0n) is 14.9. The minimum Gasteiger partial charge on any atom is -0.383 e. The van der Waals surface area contributed by atoms with E-state index in [4.69, 9.17) is 17.0 Å². The number of nitrogens with one attached hydrogen (secondary N) is 2. The number of rotatable bonds is 6. The molecule has 0 radical (unpaired) electrons. The topological polar surface area (TPSA) is 75.6 Å². The van der Waals surface area contributed by atoms with Gasteiger partial charge in [0.25, 0.3) is 5.91 Å². The fourth-order valence-corrected chi connectivity index (χ4v) is 3.38. The fraction of sp³-hybridized carbons (Fsp3) is 0.278. The van der Waals surface area contributed by atoms with Crippen LogP contribution in [0.15, 0.2) is 34.6 Å². The molecule has 2 N–H and O–H groups in total. The van der Waals surface area contributed by atoms with Crippen LogP contribution in [0.2, 0.25) is 0 Å². The number of halogens is 1. The molecule has 7 nitrogen and oxygen atoms in total. The molecule has 0 atom stereocenters. The van der Waals surface area contributed by atoms with Gasteiger partial charge >= 0.3 is 0 Å². The number of aromatic nitrogens is 1. The predicted molar refractivity (Wildman–Crippen MR) is 111 cm³/mol. The lowest BCUT2D eigenvalue weighted by atomic mass is 10.1. The molecule has 3 rings (SSSR count). The Morgan fingerprint density at radius 3 is 2.89 bits per heavy atom. The highest BCUT2D eigenvalue weighted by Gasteiger charge is 2.27. The molecule has 1 fully saturated rings. The number of ether oxygens (including phenoxy) is 1. The molecule has 0 bridgehead atoms. The van der Waals surface area contributed by atoms with Crippen molar-refractivity contribution in [3.63, 3.8) is 0 Å². The molecule has 0 saturated carbocycles. The predicted octanol–water partition coefficient (Wildman–Crippen LogP) is 1.85. The fourth-order valence-electron chi connectivity index (χ4n) is 2.82. The Morgan fingerprint density at radius 1 is 1.44 bits per heavy atom. The van der Waals surface area contributed by atoms with Crippen molar-refractivity contribution < 1.29 is 14.3 Å². The van der Waals surface area contributed by atoms with Crippen molar-refractivity contribution in [2.75, 3.05) is 27.3 Å². The number of nitrogens with zero attached hydrogens (tertiary/aromatic N) is 2. The first-order valence-electron chi connectivity index (χ1n) is 8.25. The summed E-state index contributed by atoms with van der Waals surface area (Å²) in [5.41, 5.74) is 2.13. The van der Waals surface area contributed by atoms with Gasteiger partial charge in [0, 0.05) is 47.8 Å². The third-order valence-corrected chi connectivity index (χ3v) is 5.07. The lowest BCUT2D eigenvalue weighted by Crippen LogP contribution is -2.30. The van der Waals surface area contributed by atoms with E-state index in [-0.39, 0.29) is 18.4 Å². The first kappa shape index (κ1) is 19.5. The van der Waals surface area contributed by atoms with Crippen LogP contribution < -0.4 is 10.6 Å². The van der Waals surface area contributed by atoms with Gasteiger partial charge in [-0.15, -0.1) is 0 Å². The second-order valence-corrected chi connectivity index (χ2v) is 7.37. The van der Waals surface area contributed by atoms with Gasteiger partial charge in [0.15, 0.2) is 5.11 Å². The summed E-state index contributed by atoms with van der Waals surface area (Å²) in [6.07, 6.45) is 3.61. The van der Waals surface area contributed by atoms with E-state index in [2.05, 4.69) is 26.6 Å². The smallest absolute Gasteiger partial charge is 0.276 e. The molecule has 0 aliphatic carbocycles. The van der Waals surface area contributed by atoms with Crippen LogP contribution in [0.25, 0.3) is 17.0 Å². The van der Waals surface area contributed by atoms with Crippen molar-refractivity contribution in [3.05, 3.63) is 40.1 Å². The van der Waals surface area contributed by atoms with Crippen molar-refractivity contribution >= 4 is 62.1 Å². The highest BCUT2D eigenvalue weighted by Crippen LogP contribution is 2.27. The van der Waals surface area contributed by atoms with Gasteiger partial charge in [0.05, 0.1) is 6.61 Å². The van der Waals surface area contributed by atoms with Crippen molar-refractivity contribution in [2.24, 2.45) is 0 Å². The number of likely N-dealkylation sites (N-methyl/N-ethyl adjacent to an activating group) is 1. The molecule has 142 valence electrons. The Balaban J connectivity index is 1.94. The van der Waals surface area contributed by atoms with E-state index >= 15 is 0 Å². The molecule has 2 amide bonds. The van der Waals surface area contributed by atoms with Gasteiger partial charge in [-0.25, -0.2) is 0 Å². The van der Waals surface area contributed by atoms with Crippen LogP contribution in [0.1, 0.15) is 5.56 Å². The maximum Gasteiger partial charge on any atom is 0.276 e. The summed E-state index contributed by atoms with van der Waals surface area (Å²) < 4.78 is 7.72. The average molecular weight is 451 g/mol. The normalized spacial score (nSPS) is 15.7. The zero-order valence-corrected chi connectivity index (χ0v) is 17.3. The number of fused-ring (bicyclic) bond motifs is 1. The van der Waals surface area contributed by atoms with Gasteiger partial charge in [0.1, 0.15) is 12.2 Å². The lowest BCUT2D eigenvalue weighted by molar-refractivity contribution is -0.122. The summed E-state index contributed by atoms with van der Waals surface area (Å²) >= 11 is 8.60. The van der Waals surface area contributed by atoms with E-state index in [0.717, 1.165) is 20.9 Å². The SMILES string of the molecule is COCCNC(=O)Cn1cc(/C=C2\NC(=S)N(C)C2=O)c2cc(Br)ccc21. The minimum atomic E-state index is -0.187. The van der Waals surface area contributed by atoms with Crippen molar-refractivity contribution in [1.82, 2.24) is 20.1 Å². The Bertz CT molecular complexity index is 953. The number of amides is 2. The first-order chi connectivity index (χ1) is 12.9. The highest BCUT2D eigenvalue weighted by molar-refractivity contribution is 9.10. The van der Waals surface area contributed by atoms with E-state index in [0.29, 0.717) is 24.0 Å². The number of methoxy groups -OCH3 is 1. The van der Waals surface area contributed by atoms with Gasteiger partial charge in [0.2, 0.25) is 5.91 Å². The van der Waals surface area contributed by atoms with Gasteiger partial charge in [-0.1, -0.05) is 15.9 Å². The van der Waals surface area contributed by atoms with E-state index in [9.17, 15) is 9.59 Å². The third-order valence-electron chi connectivity index (χ3n) is 4.20. The van der Waals surface area contributed by atoms with E-state index in [1.165, 1.54) is 4.90 Å². The summed E-state index contributed by atoms with van der Waals surface area (Å²) in [7, 11) is 3.22. The van der Waals surface area contributed by atoms with Gasteiger partial charge < -0.3 is 19.9 Å². The Hall–Kier alpha value is -2.23. The standard InChI is InChI=1S/C18H19BrN4O3S/c1-22-17(25)14(21-18(22)27)7-11-9-23(10-16(24)20-5-6-26-2)15-4-3-12(19)8-13(11)15/h3-4,7-9H,5-6,10H2,1-2H3,(H,20,24)(H,21,27)/b14-7-. The average Bonchev–Trinajstić information content (AvgIpc) is 3.07. The molecule has 27 heavy (non-hydrogen) atoms. The van der Waals surface area contributed by atoms with Gasteiger partial charge in [-0.3, -0.25) is 14.5 Å². The molecule has 9 heteroatoms. The zero-order chi connectivity index (χ0) is 19.6. The first-order valence-corrected chi connectivity index (χ1v) is 9.45. The van der Waals surface area contributed by atoms with Crippen LogP contribution in [0.4, 0.5) is 0 Å². The number of carbonyl (C=O) groups is 2. The summed E-state index contributed by atoms with van der Waals surface area (Å²) in [6.45, 7) is 1.09. The van der Waals surface area contributed by atoms with Crippen molar-refractivity contribution in [2.45, 2.75) is 6.54 Å². The summed E-state index contributed by atoms with van der Waals surface area (Å²) in [5.74, 6) is -0.296. The van der Waals surface area contributed by atoms with Crippen molar-refractivity contribution in [3.8, 4) is 0 Å². The van der Waals surface area contributed by atoms with Crippen LogP contribution in [0, 0.1) is 0 Å². The molecule has 1 aromatic heterocycles. The Labute approximate surface area is 170 Å². The second kappa shape index (κ2) is 8.20. The van der Waals surface area contributed by atoms with Crippen LogP contribution in [-0.2, 0) is 20.9 Å². The second-order valence-electron chi connectivity index (χ2n) is 6.07. The molecule has 2 heterocycles. The van der Waals surface area contributed by atoms with Crippen LogP contribution in [0.3, 0.4) is 0 Å². The molecular formula is C18H19BrN4O3S. The third kappa shape index (κ3) is 4.20. The molecular weight excluding hydrogens is 432 g/mol. The van der Waals surface area contributed by atoms with Gasteiger partial charge in [-0.05, 0) is 36.5 Å². The van der Waals surface area contributed by atoms with E-state index in [1.807, 2.05) is 29.0 Å². The van der Waals surface area contributed by atoms with E-state index in [1.54, 1.807) is 20.2 Å². The van der Waals surface area contributed by atoms with Crippen LogP contribution >= 0.6 is 28.1 Å². The quantitative estimate of drug-likeness (QED) is 0.399. The molecule has 1 aromatic carbocycles. The summed E-state index contributed by atoms with van der Waals surface area (Å²) in [6, 6.07) is 5.81. The highest BCUT2D eigenvalue weighted by atomic mass is 79.9. The summed E-state index contributed by atoms with van der Waals surface area (Å²) in [4.78, 5) is 25.8. The molecule has 0 unspecified atom stereocenters. The van der Waals surface area contributed by atoms with Gasteiger partial charge in [-0.2, -0.15) is 0 Å². The number of hydrogen-bond donors (Lipinski definition) is 2. The largest absolute Gasteiger partial charge is 0.383 e. The molecule has 1 aliphatic rings. The maximum atomic E-state index is 12.3. The molecule has 0 spiro atoms. The van der Waals surface area contributed by atoms with Crippen LogP contribution in [0.5, 0.6) is 0 Å². The Morgan fingerprint density at radius 2 is 2.22 bits per heavy atom. The monoisotopic (exact) mass is 450 g/mol. The summed E-state index contributed by atoms with van der Waals surface area (Å²) in [5, 5.41) is 7.03. The number of thiocarbonyl (C=S) groups is 1. The van der Waals surface area contributed by atoms with Crippen LogP contribution in [-0.4, -0.2) is 53.7 Å². The molecule has 1 aliphatic heterocycles. The number of hydrogen-bond acceptors (Lipinski definition) is 4. The van der Waals surface area contributed by atoms with Crippen molar-refractivity contribution in [1.29, 1.82) is 0 Å². The maximum absolute atomic E-state index is 12.3. The molecule has 2 aromatic rings. The van der Waals surface area contributed by atoms with E-state index < -0.39 is 0 Å². The Kier molecular flexibility index (Phi) is 5.93. The number of benzene rings is 1. The molecule has 1 saturated heterocycles. The number of carbonyl (C=O) groups excluding carboxylic acids is 2. The lowest BCUT2D eigenvalue weighted by Gasteiger charge is -2.07. The minimum absolute atomic E-state index is 0.109.